The molecule has 0 unspecified atom stereocenters. The quantitative estimate of drug-likeness (QED) is 0.801. The van der Waals surface area contributed by atoms with Crippen molar-refractivity contribution >= 4 is 0 Å². The van der Waals surface area contributed by atoms with Gasteiger partial charge in [0.2, 0.25) is 0 Å². The molecule has 2 nitrogen and oxygen atoms in total. The van der Waals surface area contributed by atoms with Gasteiger partial charge in [0, 0.05) is 6.07 Å². The lowest BCUT2D eigenvalue weighted by molar-refractivity contribution is 0.398. The van der Waals surface area contributed by atoms with Crippen LogP contribution in [-0.4, -0.2) is 10.2 Å². The minimum Gasteiger partial charge on any atom is -0.508 e. The van der Waals surface area contributed by atoms with Crippen molar-refractivity contribution in [1.82, 2.24) is 0 Å². The lowest BCUT2D eigenvalue weighted by atomic mass is 9.84. The molecule has 0 fully saturated rings. The van der Waals surface area contributed by atoms with E-state index in [1.165, 1.54) is 6.07 Å². The molecule has 0 saturated carbocycles. The molecule has 0 amide bonds. The van der Waals surface area contributed by atoms with Crippen LogP contribution in [0.5, 0.6) is 11.5 Å². The molecule has 1 aromatic rings. The molecule has 0 aliphatic carbocycles. The molecular formula is C15H24O2. The molecule has 17 heavy (non-hydrogen) atoms. The zero-order valence-electron chi connectivity index (χ0n) is 11.3. The van der Waals surface area contributed by atoms with E-state index in [0.29, 0.717) is 17.8 Å². The van der Waals surface area contributed by atoms with Crippen LogP contribution in [0, 0.1) is 11.8 Å². The van der Waals surface area contributed by atoms with Crippen molar-refractivity contribution in [2.45, 2.75) is 46.5 Å². The second kappa shape index (κ2) is 5.95. The average molecular weight is 236 g/mol. The summed E-state index contributed by atoms with van der Waals surface area (Å²) in [6.45, 7) is 8.80. The fourth-order valence-corrected chi connectivity index (χ4v) is 2.37. The molecule has 0 heterocycles. The van der Waals surface area contributed by atoms with Gasteiger partial charge >= 0.3 is 0 Å². The molecule has 1 rings (SSSR count). The van der Waals surface area contributed by atoms with Gasteiger partial charge in [0.1, 0.15) is 11.5 Å². The molecule has 0 aliphatic heterocycles. The van der Waals surface area contributed by atoms with Gasteiger partial charge in [0.05, 0.1) is 0 Å². The van der Waals surface area contributed by atoms with Crippen LogP contribution in [0.4, 0.5) is 0 Å². The normalized spacial score (nSPS) is 11.7. The minimum atomic E-state index is 0.124. The van der Waals surface area contributed by atoms with Crippen molar-refractivity contribution in [3.8, 4) is 11.5 Å². The summed E-state index contributed by atoms with van der Waals surface area (Å²) in [7, 11) is 0. The molecular weight excluding hydrogens is 212 g/mol. The van der Waals surface area contributed by atoms with E-state index in [1.807, 2.05) is 6.07 Å². The molecule has 0 radical (unpaired) electrons. The first-order chi connectivity index (χ1) is 7.90. The van der Waals surface area contributed by atoms with E-state index < -0.39 is 0 Å². The van der Waals surface area contributed by atoms with Gasteiger partial charge in [0.15, 0.2) is 0 Å². The Bertz CT molecular complexity index is 346. The summed E-state index contributed by atoms with van der Waals surface area (Å²) >= 11 is 0. The molecule has 0 aromatic heterocycles. The first-order valence-corrected chi connectivity index (χ1v) is 6.42. The van der Waals surface area contributed by atoms with Crippen molar-refractivity contribution < 1.29 is 10.2 Å². The van der Waals surface area contributed by atoms with Crippen molar-refractivity contribution in [3.05, 3.63) is 23.8 Å². The van der Waals surface area contributed by atoms with E-state index in [2.05, 4.69) is 27.7 Å². The van der Waals surface area contributed by atoms with Crippen LogP contribution in [0.2, 0.25) is 0 Å². The standard InChI is InChI=1S/C15H24O2/c1-10(2)7-12(8-11(3)4)14-6-5-13(16)9-15(14)17/h5-6,9-12,16-17H,7-8H2,1-4H3. The third kappa shape index (κ3) is 4.29. The molecule has 1 aromatic carbocycles. The molecule has 0 spiro atoms. The fraction of sp³-hybridized carbons (Fsp3) is 0.600. The number of hydrogen-bond acceptors (Lipinski definition) is 2. The summed E-state index contributed by atoms with van der Waals surface area (Å²) < 4.78 is 0. The molecule has 96 valence electrons. The first kappa shape index (κ1) is 13.9. The van der Waals surface area contributed by atoms with Crippen LogP contribution in [0.25, 0.3) is 0 Å². The number of phenols is 2. The van der Waals surface area contributed by atoms with E-state index in [9.17, 15) is 10.2 Å². The second-order valence-electron chi connectivity index (χ2n) is 5.70. The SMILES string of the molecule is CC(C)CC(CC(C)C)c1ccc(O)cc1O. The van der Waals surface area contributed by atoms with Crippen LogP contribution in [-0.2, 0) is 0 Å². The third-order valence-corrected chi connectivity index (χ3v) is 2.97. The smallest absolute Gasteiger partial charge is 0.122 e. The highest BCUT2D eigenvalue weighted by atomic mass is 16.3. The summed E-state index contributed by atoms with van der Waals surface area (Å²) in [6, 6.07) is 4.94. The zero-order valence-corrected chi connectivity index (χ0v) is 11.3. The Morgan fingerprint density at radius 3 is 1.88 bits per heavy atom. The molecule has 0 bridgehead atoms. The van der Waals surface area contributed by atoms with Crippen LogP contribution in [0.3, 0.4) is 0 Å². The summed E-state index contributed by atoms with van der Waals surface area (Å²) in [5.74, 6) is 1.92. The largest absolute Gasteiger partial charge is 0.508 e. The maximum atomic E-state index is 9.93. The van der Waals surface area contributed by atoms with Crippen molar-refractivity contribution in [2.75, 3.05) is 0 Å². The Morgan fingerprint density at radius 1 is 0.941 bits per heavy atom. The zero-order chi connectivity index (χ0) is 13.0. The van der Waals surface area contributed by atoms with Crippen molar-refractivity contribution in [3.63, 3.8) is 0 Å². The van der Waals surface area contributed by atoms with E-state index in [1.54, 1.807) is 6.07 Å². The summed E-state index contributed by atoms with van der Waals surface area (Å²) in [6.07, 6.45) is 2.13. The average Bonchev–Trinajstić information content (AvgIpc) is 2.14. The van der Waals surface area contributed by atoms with Crippen LogP contribution in [0.1, 0.15) is 52.0 Å². The van der Waals surface area contributed by atoms with E-state index in [4.69, 9.17) is 0 Å². The Labute approximate surface area is 104 Å². The van der Waals surface area contributed by atoms with E-state index >= 15 is 0 Å². The molecule has 0 atom stereocenters. The minimum absolute atomic E-state index is 0.124. The van der Waals surface area contributed by atoms with Gasteiger partial charge in [0.25, 0.3) is 0 Å². The van der Waals surface area contributed by atoms with Gasteiger partial charge in [-0.2, -0.15) is 0 Å². The van der Waals surface area contributed by atoms with Gasteiger partial charge in [-0.25, -0.2) is 0 Å². The summed E-state index contributed by atoms with van der Waals surface area (Å²) in [4.78, 5) is 0. The maximum absolute atomic E-state index is 9.93. The van der Waals surface area contributed by atoms with Crippen LogP contribution < -0.4 is 0 Å². The predicted molar refractivity (Wildman–Crippen MR) is 71.4 cm³/mol. The van der Waals surface area contributed by atoms with Crippen LogP contribution in [0.15, 0.2) is 18.2 Å². The first-order valence-electron chi connectivity index (χ1n) is 6.42. The fourth-order valence-electron chi connectivity index (χ4n) is 2.37. The van der Waals surface area contributed by atoms with Gasteiger partial charge in [-0.05, 0) is 42.2 Å². The summed E-state index contributed by atoms with van der Waals surface area (Å²) in [5.41, 5.74) is 0.963. The Hall–Kier alpha value is -1.18. The van der Waals surface area contributed by atoms with Gasteiger partial charge < -0.3 is 10.2 Å². The highest BCUT2D eigenvalue weighted by molar-refractivity contribution is 5.41. The highest BCUT2D eigenvalue weighted by Gasteiger charge is 2.18. The Morgan fingerprint density at radius 2 is 1.47 bits per heavy atom. The number of rotatable bonds is 5. The lowest BCUT2D eigenvalue weighted by Gasteiger charge is -2.22. The number of benzene rings is 1. The number of aromatic hydroxyl groups is 2. The van der Waals surface area contributed by atoms with Gasteiger partial charge in [-0.15, -0.1) is 0 Å². The van der Waals surface area contributed by atoms with Crippen molar-refractivity contribution in [1.29, 1.82) is 0 Å². The number of hydrogen-bond donors (Lipinski definition) is 2. The van der Waals surface area contributed by atoms with Gasteiger partial charge in [-0.1, -0.05) is 33.8 Å². The second-order valence-corrected chi connectivity index (χ2v) is 5.70. The van der Waals surface area contributed by atoms with Gasteiger partial charge in [-0.3, -0.25) is 0 Å². The van der Waals surface area contributed by atoms with E-state index in [-0.39, 0.29) is 11.5 Å². The predicted octanol–water partition coefficient (Wildman–Crippen LogP) is 4.27. The summed E-state index contributed by atoms with van der Waals surface area (Å²) in [5, 5.41) is 19.3. The van der Waals surface area contributed by atoms with Crippen molar-refractivity contribution in [2.24, 2.45) is 11.8 Å². The molecule has 0 aliphatic rings. The highest BCUT2D eigenvalue weighted by Crippen LogP contribution is 2.36. The number of phenolic OH excluding ortho intramolecular Hbond substituents is 2. The molecule has 0 saturated heterocycles. The lowest BCUT2D eigenvalue weighted by Crippen LogP contribution is -2.06. The molecule has 2 heteroatoms. The Balaban J connectivity index is 2.95. The maximum Gasteiger partial charge on any atom is 0.122 e. The van der Waals surface area contributed by atoms with E-state index in [0.717, 1.165) is 18.4 Å². The molecule has 2 N–H and O–H groups in total. The Kier molecular flexibility index (Phi) is 4.86. The topological polar surface area (TPSA) is 40.5 Å². The van der Waals surface area contributed by atoms with Crippen LogP contribution >= 0.6 is 0 Å². The third-order valence-electron chi connectivity index (χ3n) is 2.97. The monoisotopic (exact) mass is 236 g/mol.